The first-order valence-corrected chi connectivity index (χ1v) is 7.11. The Labute approximate surface area is 118 Å². The van der Waals surface area contributed by atoms with Gasteiger partial charge in [-0.3, -0.25) is 4.79 Å². The van der Waals surface area contributed by atoms with Crippen molar-refractivity contribution >= 4 is 11.6 Å². The lowest BCUT2D eigenvalue weighted by Gasteiger charge is -2.21. The minimum absolute atomic E-state index is 0.140. The number of ether oxygens (including phenoxy) is 1. The number of carbonyl (C=O) groups excluding carboxylic acids is 1. The van der Waals surface area contributed by atoms with Crippen molar-refractivity contribution in [3.8, 4) is 0 Å². The fourth-order valence-electron chi connectivity index (χ4n) is 2.70. The molecule has 2 aliphatic heterocycles. The molecule has 3 rings (SSSR count). The third kappa shape index (κ3) is 2.78. The summed E-state index contributed by atoms with van der Waals surface area (Å²) in [5.74, 6) is -0.140. The van der Waals surface area contributed by atoms with Crippen LogP contribution in [0.2, 0.25) is 0 Å². The Morgan fingerprint density at radius 1 is 1.50 bits per heavy atom. The first-order chi connectivity index (χ1) is 9.66. The van der Waals surface area contributed by atoms with Gasteiger partial charge in [-0.05, 0) is 36.6 Å². The number of benzene rings is 1. The van der Waals surface area contributed by atoms with Gasteiger partial charge < -0.3 is 20.5 Å². The molecular formula is C15H20N2O3. The average Bonchev–Trinajstić information content (AvgIpc) is 2.91. The lowest BCUT2D eigenvalue weighted by atomic mass is 10.00. The second-order valence-electron chi connectivity index (χ2n) is 5.61. The van der Waals surface area contributed by atoms with E-state index in [0.717, 1.165) is 25.1 Å². The molecule has 1 fully saturated rings. The normalized spacial score (nSPS) is 24.9. The largest absolute Gasteiger partial charge is 0.386 e. The monoisotopic (exact) mass is 276 g/mol. The van der Waals surface area contributed by atoms with Crippen molar-refractivity contribution in [1.82, 2.24) is 5.32 Å². The standard InChI is InChI=1S/C15H20N2O3/c18-14(17-9-15(19)5-7-20-10-15)12-3-4-13-11(8-12)2-1-6-16-13/h3-4,8,16,19H,1-2,5-7,9-10H2,(H,17,18). The molecule has 0 bridgehead atoms. The quantitative estimate of drug-likeness (QED) is 0.768. The Morgan fingerprint density at radius 2 is 2.40 bits per heavy atom. The summed E-state index contributed by atoms with van der Waals surface area (Å²) in [4.78, 5) is 12.1. The number of fused-ring (bicyclic) bond motifs is 1. The molecule has 1 aromatic carbocycles. The molecule has 20 heavy (non-hydrogen) atoms. The number of aliphatic hydroxyl groups is 1. The minimum Gasteiger partial charge on any atom is -0.386 e. The molecular weight excluding hydrogens is 256 g/mol. The minimum atomic E-state index is -0.911. The van der Waals surface area contributed by atoms with Crippen LogP contribution >= 0.6 is 0 Å². The lowest BCUT2D eigenvalue weighted by Crippen LogP contribution is -2.43. The van der Waals surface area contributed by atoms with Crippen LogP contribution in [-0.2, 0) is 11.2 Å². The summed E-state index contributed by atoms with van der Waals surface area (Å²) >= 11 is 0. The van der Waals surface area contributed by atoms with Crippen molar-refractivity contribution in [3.63, 3.8) is 0 Å². The van der Waals surface area contributed by atoms with Gasteiger partial charge in [0.25, 0.3) is 5.91 Å². The number of aryl methyl sites for hydroxylation is 1. The molecule has 1 unspecified atom stereocenters. The van der Waals surface area contributed by atoms with Crippen molar-refractivity contribution in [3.05, 3.63) is 29.3 Å². The summed E-state index contributed by atoms with van der Waals surface area (Å²) in [7, 11) is 0. The summed E-state index contributed by atoms with van der Waals surface area (Å²) in [6, 6.07) is 5.71. The highest BCUT2D eigenvalue weighted by atomic mass is 16.5. The number of hydrogen-bond acceptors (Lipinski definition) is 4. The molecule has 0 spiro atoms. The lowest BCUT2D eigenvalue weighted by molar-refractivity contribution is 0.0264. The number of nitrogens with one attached hydrogen (secondary N) is 2. The fraction of sp³-hybridized carbons (Fsp3) is 0.533. The predicted molar refractivity (Wildman–Crippen MR) is 76.0 cm³/mol. The van der Waals surface area contributed by atoms with Gasteiger partial charge in [-0.25, -0.2) is 0 Å². The summed E-state index contributed by atoms with van der Waals surface area (Å²) < 4.78 is 5.16. The Morgan fingerprint density at radius 3 is 3.20 bits per heavy atom. The molecule has 1 amide bonds. The molecule has 0 saturated carbocycles. The van der Waals surface area contributed by atoms with E-state index >= 15 is 0 Å². The van der Waals surface area contributed by atoms with Crippen molar-refractivity contribution in [2.24, 2.45) is 0 Å². The molecule has 0 aliphatic carbocycles. The number of carbonyl (C=O) groups is 1. The Kier molecular flexibility index (Phi) is 3.63. The number of rotatable bonds is 3. The summed E-state index contributed by atoms with van der Waals surface area (Å²) in [6.07, 6.45) is 2.66. The van der Waals surface area contributed by atoms with E-state index in [-0.39, 0.29) is 12.5 Å². The highest BCUT2D eigenvalue weighted by Crippen LogP contribution is 2.23. The van der Waals surface area contributed by atoms with E-state index in [1.54, 1.807) is 0 Å². The maximum atomic E-state index is 12.1. The van der Waals surface area contributed by atoms with Crippen molar-refractivity contribution in [2.45, 2.75) is 24.9 Å². The molecule has 5 nitrogen and oxygen atoms in total. The zero-order valence-corrected chi connectivity index (χ0v) is 11.4. The van der Waals surface area contributed by atoms with E-state index < -0.39 is 5.60 Å². The van der Waals surface area contributed by atoms with Crippen molar-refractivity contribution in [2.75, 3.05) is 31.6 Å². The van der Waals surface area contributed by atoms with E-state index in [1.807, 2.05) is 18.2 Å². The SMILES string of the molecule is O=C(NCC1(O)CCOC1)c1ccc2c(c1)CCCN2. The maximum absolute atomic E-state index is 12.1. The molecule has 3 N–H and O–H groups in total. The van der Waals surface area contributed by atoms with Gasteiger partial charge in [0.2, 0.25) is 0 Å². The van der Waals surface area contributed by atoms with Gasteiger partial charge in [-0.15, -0.1) is 0 Å². The van der Waals surface area contributed by atoms with Gasteiger partial charge in [-0.2, -0.15) is 0 Å². The third-order valence-electron chi connectivity index (χ3n) is 3.97. The third-order valence-corrected chi connectivity index (χ3v) is 3.97. The van der Waals surface area contributed by atoms with E-state index in [4.69, 9.17) is 4.74 Å². The Hall–Kier alpha value is -1.59. The van der Waals surface area contributed by atoms with Crippen LogP contribution in [-0.4, -0.2) is 42.9 Å². The molecule has 2 aliphatic rings. The molecule has 5 heteroatoms. The van der Waals surface area contributed by atoms with Crippen LogP contribution in [0, 0.1) is 0 Å². The molecule has 1 saturated heterocycles. The Bertz CT molecular complexity index is 510. The number of anilines is 1. The number of hydrogen-bond donors (Lipinski definition) is 3. The van der Waals surface area contributed by atoms with Crippen molar-refractivity contribution in [1.29, 1.82) is 0 Å². The van der Waals surface area contributed by atoms with E-state index in [1.165, 1.54) is 5.56 Å². The zero-order valence-electron chi connectivity index (χ0n) is 11.4. The number of amides is 1. The van der Waals surface area contributed by atoms with Gasteiger partial charge in [0.1, 0.15) is 5.60 Å². The molecule has 0 aromatic heterocycles. The van der Waals surface area contributed by atoms with Crippen LogP contribution in [0.5, 0.6) is 0 Å². The first kappa shape index (κ1) is 13.4. The van der Waals surface area contributed by atoms with Gasteiger partial charge in [0.15, 0.2) is 0 Å². The molecule has 2 heterocycles. The molecule has 1 aromatic rings. The van der Waals surface area contributed by atoms with Gasteiger partial charge >= 0.3 is 0 Å². The highest BCUT2D eigenvalue weighted by molar-refractivity contribution is 5.95. The Balaban J connectivity index is 1.65. The fourth-order valence-corrected chi connectivity index (χ4v) is 2.70. The second-order valence-corrected chi connectivity index (χ2v) is 5.61. The second kappa shape index (κ2) is 5.42. The summed E-state index contributed by atoms with van der Waals surface area (Å²) in [6.45, 7) is 2.07. The van der Waals surface area contributed by atoms with Gasteiger partial charge in [0, 0.05) is 37.4 Å². The first-order valence-electron chi connectivity index (χ1n) is 7.11. The molecule has 1 atom stereocenters. The van der Waals surface area contributed by atoms with Crippen LogP contribution in [0.15, 0.2) is 18.2 Å². The van der Waals surface area contributed by atoms with Gasteiger partial charge in [-0.1, -0.05) is 0 Å². The van der Waals surface area contributed by atoms with E-state index in [9.17, 15) is 9.90 Å². The van der Waals surface area contributed by atoms with Crippen molar-refractivity contribution < 1.29 is 14.6 Å². The van der Waals surface area contributed by atoms with Gasteiger partial charge in [0.05, 0.1) is 6.61 Å². The molecule has 108 valence electrons. The zero-order chi connectivity index (χ0) is 14.0. The van der Waals surface area contributed by atoms with Crippen LogP contribution in [0.3, 0.4) is 0 Å². The summed E-state index contributed by atoms with van der Waals surface area (Å²) in [5, 5.41) is 16.3. The van der Waals surface area contributed by atoms with Crippen LogP contribution in [0.1, 0.15) is 28.8 Å². The topological polar surface area (TPSA) is 70.6 Å². The predicted octanol–water partition coefficient (Wildman–Crippen LogP) is 0.926. The smallest absolute Gasteiger partial charge is 0.251 e. The van der Waals surface area contributed by atoms with E-state index in [0.29, 0.717) is 25.2 Å². The summed E-state index contributed by atoms with van der Waals surface area (Å²) in [5.41, 5.74) is 2.04. The van der Waals surface area contributed by atoms with Crippen LogP contribution in [0.4, 0.5) is 5.69 Å². The maximum Gasteiger partial charge on any atom is 0.251 e. The van der Waals surface area contributed by atoms with E-state index in [2.05, 4.69) is 10.6 Å². The van der Waals surface area contributed by atoms with Crippen LogP contribution < -0.4 is 10.6 Å². The van der Waals surface area contributed by atoms with Crippen LogP contribution in [0.25, 0.3) is 0 Å². The molecule has 0 radical (unpaired) electrons. The highest BCUT2D eigenvalue weighted by Gasteiger charge is 2.32. The average molecular weight is 276 g/mol.